The number of fused-ring (bicyclic) bond motifs is 4. The van der Waals surface area contributed by atoms with E-state index in [1.165, 1.54) is 17.8 Å². The number of anilines is 1. The Morgan fingerprint density at radius 1 is 1.36 bits per heavy atom. The summed E-state index contributed by atoms with van der Waals surface area (Å²) in [4.78, 5) is 11.4. The number of likely N-dealkylation sites (tertiary alicyclic amines) is 1. The first-order valence-electron chi connectivity index (χ1n) is 12.6. The highest BCUT2D eigenvalue weighted by Crippen LogP contribution is 2.57. The molecule has 0 aromatic carbocycles. The maximum Gasteiger partial charge on any atom is 0.317 e. The average molecular weight is 507 g/mol. The number of nitriles is 1. The summed E-state index contributed by atoms with van der Waals surface area (Å²) in [5.41, 5.74) is 3.66. The Bertz CT molecular complexity index is 1330. The van der Waals surface area contributed by atoms with Crippen molar-refractivity contribution >= 4 is 16.3 Å². The zero-order valence-electron chi connectivity index (χ0n) is 20.8. The van der Waals surface area contributed by atoms with Gasteiger partial charge in [0.2, 0.25) is 0 Å². The van der Waals surface area contributed by atoms with Crippen LogP contribution in [0.5, 0.6) is 11.1 Å². The number of hydrogen-bond acceptors (Lipinski definition) is 10. The molecule has 2 aliphatic heterocycles. The van der Waals surface area contributed by atoms with Crippen LogP contribution in [0.3, 0.4) is 0 Å². The van der Waals surface area contributed by atoms with Crippen molar-refractivity contribution in [3.05, 3.63) is 34.7 Å². The summed E-state index contributed by atoms with van der Waals surface area (Å²) in [5.74, 6) is 0.840. The minimum atomic E-state index is -0.420. The van der Waals surface area contributed by atoms with Crippen LogP contribution in [0.2, 0.25) is 0 Å². The highest BCUT2D eigenvalue weighted by molar-refractivity contribution is 7.18. The van der Waals surface area contributed by atoms with Crippen molar-refractivity contribution in [3.8, 4) is 28.5 Å². The Balaban J connectivity index is 1.37. The van der Waals surface area contributed by atoms with Crippen LogP contribution in [0, 0.1) is 11.3 Å². The van der Waals surface area contributed by atoms with Crippen LogP contribution in [0.25, 0.3) is 11.4 Å². The fraction of sp³-hybridized carbons (Fsp3) is 0.538. The Kier molecular flexibility index (Phi) is 5.85. The second-order valence-corrected chi connectivity index (χ2v) is 10.9. The lowest BCUT2D eigenvalue weighted by Crippen LogP contribution is -2.38. The standard InChI is InChI=1S/C26H30N6O3S/c1-15(19-7-5-12-32(19)3)34-25-29-11-8-18(30-25)21-16-6-4-9-26(22(16)35-31-21)10-13-33-24-20(26)17(14-27)23(28-2)36-24/h8,11,15,19,28H,4-7,9-10,12-13H2,1-3H3. The van der Waals surface area contributed by atoms with Crippen molar-refractivity contribution in [1.29, 1.82) is 5.26 Å². The number of ether oxygens (including phenoxy) is 2. The molecule has 3 unspecified atom stereocenters. The second-order valence-electron chi connectivity index (χ2n) is 9.94. The largest absolute Gasteiger partial charge is 0.484 e. The van der Waals surface area contributed by atoms with E-state index in [9.17, 15) is 5.26 Å². The Morgan fingerprint density at radius 3 is 3.03 bits per heavy atom. The van der Waals surface area contributed by atoms with E-state index in [1.807, 2.05) is 13.1 Å². The summed E-state index contributed by atoms with van der Waals surface area (Å²) in [5, 5.41) is 19.3. The van der Waals surface area contributed by atoms with Crippen LogP contribution in [0.15, 0.2) is 16.8 Å². The quantitative estimate of drug-likeness (QED) is 0.539. The fourth-order valence-electron chi connectivity index (χ4n) is 6.25. The fourth-order valence-corrected chi connectivity index (χ4v) is 7.33. The summed E-state index contributed by atoms with van der Waals surface area (Å²) < 4.78 is 18.3. The van der Waals surface area contributed by atoms with Crippen LogP contribution in [0.1, 0.15) is 61.5 Å². The molecule has 0 amide bonds. The zero-order valence-corrected chi connectivity index (χ0v) is 21.7. The van der Waals surface area contributed by atoms with Gasteiger partial charge in [-0.3, -0.25) is 4.90 Å². The molecule has 36 heavy (non-hydrogen) atoms. The van der Waals surface area contributed by atoms with Gasteiger partial charge < -0.3 is 19.3 Å². The number of aromatic nitrogens is 3. The van der Waals surface area contributed by atoms with Crippen molar-refractivity contribution in [2.75, 3.05) is 32.6 Å². The Morgan fingerprint density at radius 2 is 2.25 bits per heavy atom. The van der Waals surface area contributed by atoms with Crippen molar-refractivity contribution in [1.82, 2.24) is 20.0 Å². The molecule has 10 heteroatoms. The summed E-state index contributed by atoms with van der Waals surface area (Å²) >= 11 is 1.49. The van der Waals surface area contributed by atoms with Gasteiger partial charge in [0.1, 0.15) is 22.9 Å². The lowest BCUT2D eigenvalue weighted by atomic mass is 9.66. The van der Waals surface area contributed by atoms with Gasteiger partial charge in [0.15, 0.2) is 10.8 Å². The summed E-state index contributed by atoms with van der Waals surface area (Å²) in [6, 6.07) is 5.00. The summed E-state index contributed by atoms with van der Waals surface area (Å²) in [6.45, 7) is 3.75. The molecule has 5 heterocycles. The molecule has 3 aliphatic rings. The van der Waals surface area contributed by atoms with Gasteiger partial charge in [0.05, 0.1) is 23.3 Å². The number of rotatable bonds is 5. The number of nitrogens with zero attached hydrogens (tertiary/aromatic N) is 5. The first-order valence-corrected chi connectivity index (χ1v) is 13.4. The van der Waals surface area contributed by atoms with E-state index < -0.39 is 5.41 Å². The molecule has 0 radical (unpaired) electrons. The highest BCUT2D eigenvalue weighted by atomic mass is 32.1. The predicted molar refractivity (Wildman–Crippen MR) is 136 cm³/mol. The molecule has 0 bridgehead atoms. The third kappa shape index (κ3) is 3.56. The van der Waals surface area contributed by atoms with E-state index in [-0.39, 0.29) is 6.10 Å². The average Bonchev–Trinajstić information content (AvgIpc) is 3.61. The molecular weight excluding hydrogens is 476 g/mol. The van der Waals surface area contributed by atoms with Crippen molar-refractivity contribution < 1.29 is 14.0 Å². The molecule has 3 aromatic rings. The van der Waals surface area contributed by atoms with E-state index >= 15 is 0 Å². The summed E-state index contributed by atoms with van der Waals surface area (Å²) in [6.07, 6.45) is 7.47. The van der Waals surface area contributed by atoms with E-state index in [4.69, 9.17) is 19.0 Å². The summed E-state index contributed by atoms with van der Waals surface area (Å²) in [7, 11) is 3.97. The van der Waals surface area contributed by atoms with Crippen LogP contribution in [-0.4, -0.2) is 59.4 Å². The van der Waals surface area contributed by atoms with Gasteiger partial charge in [-0.05, 0) is 65.1 Å². The van der Waals surface area contributed by atoms with Gasteiger partial charge >= 0.3 is 6.01 Å². The second kappa shape index (κ2) is 9.05. The van der Waals surface area contributed by atoms with Gasteiger partial charge in [-0.1, -0.05) is 16.5 Å². The highest BCUT2D eigenvalue weighted by Gasteiger charge is 2.50. The van der Waals surface area contributed by atoms with Crippen molar-refractivity contribution in [2.24, 2.45) is 0 Å². The van der Waals surface area contributed by atoms with Crippen LogP contribution in [-0.2, 0) is 11.8 Å². The van der Waals surface area contributed by atoms with E-state index in [2.05, 4.69) is 40.4 Å². The molecule has 1 spiro atoms. The minimum Gasteiger partial charge on any atom is -0.484 e. The molecular formula is C26H30N6O3S. The molecule has 1 N–H and O–H groups in total. The zero-order chi connectivity index (χ0) is 24.9. The molecule has 1 aliphatic carbocycles. The van der Waals surface area contributed by atoms with Crippen LogP contribution < -0.4 is 14.8 Å². The molecule has 0 saturated carbocycles. The maximum atomic E-state index is 10.0. The normalized spacial score (nSPS) is 24.0. The Labute approximate surface area is 214 Å². The molecule has 1 saturated heterocycles. The third-order valence-electron chi connectivity index (χ3n) is 7.99. The van der Waals surface area contributed by atoms with Gasteiger partial charge in [0.25, 0.3) is 0 Å². The predicted octanol–water partition coefficient (Wildman–Crippen LogP) is 4.37. The SMILES string of the molecule is CNc1sc2c(c1C#N)C1(CCCc3c(-c4ccnc(OC(C)C5CCCN5C)n4)noc31)CCO2. The minimum absolute atomic E-state index is 0.00716. The molecule has 1 fully saturated rings. The van der Waals surface area contributed by atoms with Crippen molar-refractivity contribution in [2.45, 2.75) is 63.0 Å². The van der Waals surface area contributed by atoms with Gasteiger partial charge in [-0.15, -0.1) is 0 Å². The number of likely N-dealkylation sites (N-methyl/N-ethyl adjacent to an activating group) is 1. The monoisotopic (exact) mass is 506 g/mol. The maximum absolute atomic E-state index is 10.0. The number of thiophene rings is 1. The number of hydrogen-bond donors (Lipinski definition) is 1. The molecule has 9 nitrogen and oxygen atoms in total. The number of nitrogens with one attached hydrogen (secondary N) is 1. The third-order valence-corrected chi connectivity index (χ3v) is 9.11. The van der Waals surface area contributed by atoms with Crippen molar-refractivity contribution in [3.63, 3.8) is 0 Å². The van der Waals surface area contributed by atoms with Gasteiger partial charge in [-0.25, -0.2) is 4.98 Å². The van der Waals surface area contributed by atoms with E-state index in [0.29, 0.717) is 29.9 Å². The van der Waals surface area contributed by atoms with E-state index in [0.717, 1.165) is 71.3 Å². The first kappa shape index (κ1) is 23.3. The van der Waals surface area contributed by atoms with Gasteiger partial charge in [0, 0.05) is 30.4 Å². The topological polar surface area (TPSA) is 109 Å². The molecule has 188 valence electrons. The van der Waals surface area contributed by atoms with E-state index in [1.54, 1.807) is 6.20 Å². The molecule has 6 rings (SSSR count). The van der Waals surface area contributed by atoms with Crippen LogP contribution in [0.4, 0.5) is 5.00 Å². The molecule has 3 aromatic heterocycles. The molecule has 3 atom stereocenters. The Hall–Kier alpha value is -3.16. The van der Waals surface area contributed by atoms with Gasteiger partial charge in [-0.2, -0.15) is 10.2 Å². The lowest BCUT2D eigenvalue weighted by Gasteiger charge is -2.38. The van der Waals surface area contributed by atoms with Crippen LogP contribution >= 0.6 is 11.3 Å². The first-order chi connectivity index (χ1) is 17.6. The smallest absolute Gasteiger partial charge is 0.317 e. The lowest BCUT2D eigenvalue weighted by molar-refractivity contribution is 0.112.